The van der Waals surface area contributed by atoms with Gasteiger partial charge in [-0.25, -0.2) is 0 Å². The Hall–Kier alpha value is -1.43. The van der Waals surface area contributed by atoms with Gasteiger partial charge in [0.25, 0.3) is 0 Å². The third-order valence-electron chi connectivity index (χ3n) is 3.51. The maximum absolute atomic E-state index is 5.39. The highest BCUT2D eigenvalue weighted by Crippen LogP contribution is 2.19. The largest absolute Gasteiger partial charge is 0.354 e. The fourth-order valence-electron chi connectivity index (χ4n) is 2.60. The highest BCUT2D eigenvalue weighted by molar-refractivity contribution is 5.81. The van der Waals surface area contributed by atoms with E-state index in [0.29, 0.717) is 0 Å². The number of benzene rings is 1. The molecule has 0 spiro atoms. The number of fused-ring (bicyclic) bond motifs is 1. The Kier molecular flexibility index (Phi) is 5.11. The SMILES string of the molecule is CCNC(Cc1nn(C)c2ccccc12)C(OC)OC. The number of hydrogen-bond donors (Lipinski definition) is 1. The molecule has 5 heteroatoms. The predicted molar refractivity (Wildman–Crippen MR) is 79.7 cm³/mol. The lowest BCUT2D eigenvalue weighted by Gasteiger charge is -2.24. The zero-order chi connectivity index (χ0) is 14.5. The van der Waals surface area contributed by atoms with Gasteiger partial charge in [0.15, 0.2) is 6.29 Å². The molecular weight excluding hydrogens is 254 g/mol. The molecule has 1 aromatic heterocycles. The molecule has 1 aromatic carbocycles. The van der Waals surface area contributed by atoms with Crippen molar-refractivity contribution in [2.75, 3.05) is 20.8 Å². The summed E-state index contributed by atoms with van der Waals surface area (Å²) < 4.78 is 12.7. The second-order valence-electron chi connectivity index (χ2n) is 4.80. The van der Waals surface area contributed by atoms with E-state index < -0.39 is 0 Å². The zero-order valence-corrected chi connectivity index (χ0v) is 12.6. The number of ether oxygens (including phenoxy) is 2. The van der Waals surface area contributed by atoms with Crippen molar-refractivity contribution in [3.05, 3.63) is 30.0 Å². The first-order valence-electron chi connectivity index (χ1n) is 6.90. The van der Waals surface area contributed by atoms with Gasteiger partial charge in [0, 0.05) is 33.1 Å². The summed E-state index contributed by atoms with van der Waals surface area (Å²) >= 11 is 0. The highest BCUT2D eigenvalue weighted by atomic mass is 16.7. The van der Waals surface area contributed by atoms with E-state index in [9.17, 15) is 0 Å². The van der Waals surface area contributed by atoms with Crippen LogP contribution in [0.4, 0.5) is 0 Å². The molecule has 0 saturated heterocycles. The van der Waals surface area contributed by atoms with Crippen LogP contribution in [0.15, 0.2) is 24.3 Å². The summed E-state index contributed by atoms with van der Waals surface area (Å²) in [4.78, 5) is 0. The van der Waals surface area contributed by atoms with Crippen LogP contribution in [0.2, 0.25) is 0 Å². The lowest BCUT2D eigenvalue weighted by Crippen LogP contribution is -2.43. The molecule has 2 aromatic rings. The number of methoxy groups -OCH3 is 2. The minimum Gasteiger partial charge on any atom is -0.354 e. The van der Waals surface area contributed by atoms with Crippen LogP contribution in [0.5, 0.6) is 0 Å². The van der Waals surface area contributed by atoms with Gasteiger partial charge in [-0.15, -0.1) is 0 Å². The van der Waals surface area contributed by atoms with Gasteiger partial charge in [0.1, 0.15) is 0 Å². The summed E-state index contributed by atoms with van der Waals surface area (Å²) in [5.41, 5.74) is 2.21. The Bertz CT molecular complexity index is 549. The van der Waals surface area contributed by atoms with E-state index in [1.54, 1.807) is 14.2 Å². The molecule has 110 valence electrons. The second-order valence-corrected chi connectivity index (χ2v) is 4.80. The summed E-state index contributed by atoms with van der Waals surface area (Å²) in [7, 11) is 5.29. The van der Waals surface area contributed by atoms with Gasteiger partial charge >= 0.3 is 0 Å². The van der Waals surface area contributed by atoms with E-state index in [0.717, 1.165) is 24.2 Å². The van der Waals surface area contributed by atoms with Gasteiger partial charge in [0.05, 0.1) is 17.3 Å². The number of aryl methyl sites for hydroxylation is 1. The predicted octanol–water partition coefficient (Wildman–Crippen LogP) is 1.71. The van der Waals surface area contributed by atoms with Crippen molar-refractivity contribution in [1.82, 2.24) is 15.1 Å². The van der Waals surface area contributed by atoms with Crippen LogP contribution < -0.4 is 5.32 Å². The minimum absolute atomic E-state index is 0.0771. The third kappa shape index (κ3) is 3.00. The molecule has 0 bridgehead atoms. The van der Waals surface area contributed by atoms with Gasteiger partial charge in [-0.1, -0.05) is 25.1 Å². The number of nitrogens with zero attached hydrogens (tertiary/aromatic N) is 2. The van der Waals surface area contributed by atoms with Crippen LogP contribution in [0.3, 0.4) is 0 Å². The molecule has 5 nitrogen and oxygen atoms in total. The van der Waals surface area contributed by atoms with Crippen molar-refractivity contribution in [2.45, 2.75) is 25.7 Å². The van der Waals surface area contributed by atoms with Crippen molar-refractivity contribution in [3.63, 3.8) is 0 Å². The standard InChI is InChI=1S/C15H23N3O2/c1-5-16-13(15(19-3)20-4)10-12-11-8-6-7-9-14(11)18(2)17-12/h6-9,13,15-16H,5,10H2,1-4H3. The molecule has 0 radical (unpaired) electrons. The number of hydrogen-bond acceptors (Lipinski definition) is 4. The van der Waals surface area contributed by atoms with Crippen molar-refractivity contribution >= 4 is 10.9 Å². The van der Waals surface area contributed by atoms with Crippen molar-refractivity contribution < 1.29 is 9.47 Å². The quantitative estimate of drug-likeness (QED) is 0.783. The smallest absolute Gasteiger partial charge is 0.172 e. The van der Waals surface area contributed by atoms with E-state index >= 15 is 0 Å². The van der Waals surface area contributed by atoms with Crippen molar-refractivity contribution in [1.29, 1.82) is 0 Å². The van der Waals surface area contributed by atoms with Crippen LogP contribution in [0.25, 0.3) is 10.9 Å². The lowest BCUT2D eigenvalue weighted by molar-refractivity contribution is -0.122. The summed E-state index contributed by atoms with van der Waals surface area (Å²) in [6, 6.07) is 8.34. The van der Waals surface area contributed by atoms with Crippen molar-refractivity contribution in [3.8, 4) is 0 Å². The van der Waals surface area contributed by atoms with Crippen LogP contribution in [-0.2, 0) is 22.9 Å². The Balaban J connectivity index is 2.28. The van der Waals surface area contributed by atoms with Gasteiger partial charge < -0.3 is 14.8 Å². The zero-order valence-electron chi connectivity index (χ0n) is 12.6. The molecule has 0 aliphatic carbocycles. The first kappa shape index (κ1) is 15.0. The number of para-hydroxylation sites is 1. The number of nitrogens with one attached hydrogen (secondary N) is 1. The molecule has 0 amide bonds. The van der Waals surface area contributed by atoms with Crippen LogP contribution in [0.1, 0.15) is 12.6 Å². The summed E-state index contributed by atoms with van der Waals surface area (Å²) in [5.74, 6) is 0. The number of rotatable bonds is 7. The molecular formula is C15H23N3O2. The van der Waals surface area contributed by atoms with E-state index in [-0.39, 0.29) is 12.3 Å². The van der Waals surface area contributed by atoms with Gasteiger partial charge in [-0.3, -0.25) is 4.68 Å². The Labute approximate surface area is 119 Å². The highest BCUT2D eigenvalue weighted by Gasteiger charge is 2.22. The molecule has 0 fully saturated rings. The topological polar surface area (TPSA) is 48.3 Å². The molecule has 0 aliphatic heterocycles. The van der Waals surface area contributed by atoms with Crippen LogP contribution >= 0.6 is 0 Å². The maximum Gasteiger partial charge on any atom is 0.172 e. The third-order valence-corrected chi connectivity index (χ3v) is 3.51. The molecule has 20 heavy (non-hydrogen) atoms. The van der Waals surface area contributed by atoms with Gasteiger partial charge in [-0.05, 0) is 12.6 Å². The number of aromatic nitrogens is 2. The molecule has 1 atom stereocenters. The molecule has 1 N–H and O–H groups in total. The normalized spacial score (nSPS) is 13.2. The summed E-state index contributed by atoms with van der Waals surface area (Å²) in [5, 5.41) is 9.22. The Morgan fingerprint density at radius 3 is 2.60 bits per heavy atom. The van der Waals surface area contributed by atoms with Crippen LogP contribution in [-0.4, -0.2) is 42.9 Å². The molecule has 1 unspecified atom stereocenters. The van der Waals surface area contributed by atoms with Crippen molar-refractivity contribution in [2.24, 2.45) is 7.05 Å². The maximum atomic E-state index is 5.39. The molecule has 2 rings (SSSR count). The summed E-state index contributed by atoms with van der Waals surface area (Å²) in [6.07, 6.45) is 0.484. The molecule has 1 heterocycles. The Morgan fingerprint density at radius 1 is 1.25 bits per heavy atom. The fourth-order valence-corrected chi connectivity index (χ4v) is 2.60. The van der Waals surface area contributed by atoms with E-state index in [1.165, 1.54) is 5.39 Å². The first-order chi connectivity index (χ1) is 9.71. The van der Waals surface area contributed by atoms with Gasteiger partial charge in [-0.2, -0.15) is 5.10 Å². The van der Waals surface area contributed by atoms with Crippen LogP contribution in [0, 0.1) is 0 Å². The fraction of sp³-hybridized carbons (Fsp3) is 0.533. The van der Waals surface area contributed by atoms with E-state index in [4.69, 9.17) is 9.47 Å². The van der Waals surface area contributed by atoms with Gasteiger partial charge in [0.2, 0.25) is 0 Å². The van der Waals surface area contributed by atoms with E-state index in [1.807, 2.05) is 23.9 Å². The lowest BCUT2D eigenvalue weighted by atomic mass is 10.1. The average molecular weight is 277 g/mol. The average Bonchev–Trinajstić information content (AvgIpc) is 2.78. The summed E-state index contributed by atoms with van der Waals surface area (Å²) in [6.45, 7) is 2.94. The van der Waals surface area contributed by atoms with E-state index in [2.05, 4.69) is 29.5 Å². The molecule has 0 aliphatic rings. The second kappa shape index (κ2) is 6.83. The Morgan fingerprint density at radius 2 is 1.95 bits per heavy atom. The minimum atomic E-state index is -0.282. The number of likely N-dealkylation sites (N-methyl/N-ethyl adjacent to an activating group) is 1. The first-order valence-corrected chi connectivity index (χ1v) is 6.90. The molecule has 0 saturated carbocycles. The monoisotopic (exact) mass is 277 g/mol.